The monoisotopic (exact) mass is 538 g/mol. The highest BCUT2D eigenvalue weighted by Gasteiger charge is 2.32. The minimum absolute atomic E-state index is 0.103. The molecule has 2 aromatic rings. The Bertz CT molecular complexity index is 1020. The quantitative estimate of drug-likeness (QED) is 0.533. The number of halogens is 2. The minimum atomic E-state index is -3.58. The Morgan fingerprint density at radius 2 is 1.66 bits per heavy atom. The summed E-state index contributed by atoms with van der Waals surface area (Å²) < 4.78 is 28.7. The molecule has 1 aliphatic rings. The number of nitrogens with zero attached hydrogens (tertiary/aromatic N) is 2. The number of sulfonamides is 1. The van der Waals surface area contributed by atoms with Crippen LogP contribution in [-0.2, 0) is 21.2 Å². The molecule has 8 heteroatoms. The minimum Gasteiger partial charge on any atom is -0.299 e. The summed E-state index contributed by atoms with van der Waals surface area (Å²) >= 11 is 6.66. The second-order valence-corrected chi connectivity index (χ2v) is 10.8. The van der Waals surface area contributed by atoms with Gasteiger partial charge in [0.25, 0.3) is 0 Å². The van der Waals surface area contributed by atoms with E-state index in [2.05, 4.69) is 37.9 Å². The Morgan fingerprint density at radius 3 is 2.21 bits per heavy atom. The van der Waals surface area contributed by atoms with Gasteiger partial charge in [-0.2, -0.15) is 9.57 Å². The van der Waals surface area contributed by atoms with E-state index in [-0.39, 0.29) is 16.6 Å². The molecule has 1 fully saturated rings. The van der Waals surface area contributed by atoms with Gasteiger partial charge in [0, 0.05) is 34.4 Å². The number of ketones is 1. The molecule has 0 N–H and O–H groups in total. The molecule has 1 heterocycles. The van der Waals surface area contributed by atoms with Crippen LogP contribution < -0.4 is 0 Å². The van der Waals surface area contributed by atoms with E-state index >= 15 is 0 Å². The topological polar surface area (TPSA) is 78.2 Å². The normalized spacial score (nSPS) is 15.8. The maximum absolute atomic E-state index is 12.9. The first kappa shape index (κ1) is 22.2. The Kier molecular flexibility index (Phi) is 7.28. The molecule has 0 aliphatic carbocycles. The predicted molar refractivity (Wildman–Crippen MR) is 118 cm³/mol. The van der Waals surface area contributed by atoms with Crippen molar-refractivity contribution in [1.29, 1.82) is 5.26 Å². The van der Waals surface area contributed by atoms with E-state index in [9.17, 15) is 13.2 Å². The highest BCUT2D eigenvalue weighted by atomic mass is 79.9. The molecular weight excluding hydrogens is 520 g/mol. The van der Waals surface area contributed by atoms with Crippen molar-refractivity contribution in [3.63, 3.8) is 0 Å². The number of carbonyl (C=O) groups excluding carboxylic acids is 1. The van der Waals surface area contributed by atoms with Crippen LogP contribution in [0.25, 0.3) is 0 Å². The van der Waals surface area contributed by atoms with Gasteiger partial charge in [0.2, 0.25) is 10.0 Å². The summed E-state index contributed by atoms with van der Waals surface area (Å²) in [6.07, 6.45) is 2.15. The van der Waals surface area contributed by atoms with Gasteiger partial charge < -0.3 is 0 Å². The van der Waals surface area contributed by atoms with Crippen LogP contribution in [0.2, 0.25) is 0 Å². The van der Waals surface area contributed by atoms with Gasteiger partial charge in [-0.1, -0.05) is 44.0 Å². The van der Waals surface area contributed by atoms with E-state index in [0.29, 0.717) is 53.3 Å². The molecule has 0 unspecified atom stereocenters. The van der Waals surface area contributed by atoms with Crippen molar-refractivity contribution in [2.24, 2.45) is 5.92 Å². The molecule has 1 saturated heterocycles. The number of hydrogen-bond donors (Lipinski definition) is 0. The molecular formula is C21H20Br2N2O3S. The third-order valence-corrected chi connectivity index (χ3v) is 7.92. The van der Waals surface area contributed by atoms with Crippen molar-refractivity contribution in [1.82, 2.24) is 4.31 Å². The first-order chi connectivity index (χ1) is 13.8. The highest BCUT2D eigenvalue weighted by molar-refractivity contribution is 9.11. The smallest absolute Gasteiger partial charge is 0.243 e. The highest BCUT2D eigenvalue weighted by Crippen LogP contribution is 2.29. The molecule has 0 aromatic heterocycles. The van der Waals surface area contributed by atoms with Gasteiger partial charge in [-0.3, -0.25) is 4.79 Å². The molecule has 0 atom stereocenters. The molecule has 152 valence electrons. The van der Waals surface area contributed by atoms with E-state index in [4.69, 9.17) is 5.26 Å². The van der Waals surface area contributed by atoms with Gasteiger partial charge in [0.15, 0.2) is 0 Å². The third-order valence-electron chi connectivity index (χ3n) is 5.13. The number of Topliss-reactive ketones (excluding diaryl/α,β-unsaturated/α-hetero) is 1. The third kappa shape index (κ3) is 5.54. The summed E-state index contributed by atoms with van der Waals surface area (Å²) in [5.74, 6) is 0.0747. The Labute approximate surface area is 188 Å². The van der Waals surface area contributed by atoms with Crippen molar-refractivity contribution < 1.29 is 13.2 Å². The van der Waals surface area contributed by atoms with Crippen molar-refractivity contribution in [3.05, 3.63) is 62.5 Å². The van der Waals surface area contributed by atoms with Crippen LogP contribution >= 0.6 is 31.9 Å². The summed E-state index contributed by atoms with van der Waals surface area (Å²) in [5, 5.41) is 8.84. The molecule has 0 spiro atoms. The van der Waals surface area contributed by atoms with Gasteiger partial charge >= 0.3 is 0 Å². The van der Waals surface area contributed by atoms with E-state index in [1.54, 1.807) is 30.3 Å². The van der Waals surface area contributed by atoms with E-state index in [0.717, 1.165) is 5.56 Å². The number of nitriles is 1. The lowest BCUT2D eigenvalue weighted by atomic mass is 9.90. The number of hydrogen-bond acceptors (Lipinski definition) is 4. The number of piperidine rings is 1. The Hall–Kier alpha value is -1.53. The summed E-state index contributed by atoms with van der Waals surface area (Å²) in [6.45, 7) is 0.694. The summed E-state index contributed by atoms with van der Waals surface area (Å²) in [5.41, 5.74) is 1.63. The van der Waals surface area contributed by atoms with Crippen LogP contribution in [0, 0.1) is 17.2 Å². The largest absolute Gasteiger partial charge is 0.299 e. The molecule has 0 saturated carbocycles. The number of rotatable bonds is 6. The summed E-state index contributed by atoms with van der Waals surface area (Å²) in [4.78, 5) is 12.8. The van der Waals surface area contributed by atoms with Crippen LogP contribution in [-0.4, -0.2) is 31.6 Å². The van der Waals surface area contributed by atoms with E-state index in [1.165, 1.54) is 4.31 Å². The van der Waals surface area contributed by atoms with Crippen LogP contribution in [0.3, 0.4) is 0 Å². The summed E-state index contributed by atoms with van der Waals surface area (Å²) in [7, 11) is -3.58. The standard InChI is InChI=1S/C21H20Br2N2O3S/c22-18-11-19(23)13-20(12-18)29(27,28)25-9-7-17(8-10-25)21(26)6-5-15-1-3-16(14-24)4-2-15/h1-4,11-13,17H,5-10H2. The van der Waals surface area contributed by atoms with Gasteiger partial charge in [0.1, 0.15) is 5.78 Å². The van der Waals surface area contributed by atoms with Gasteiger partial charge in [0.05, 0.1) is 16.5 Å². The van der Waals surface area contributed by atoms with Crippen molar-refractivity contribution >= 4 is 47.7 Å². The fourth-order valence-corrected chi connectivity index (χ4v) is 6.60. The van der Waals surface area contributed by atoms with E-state index in [1.807, 2.05) is 12.1 Å². The zero-order valence-electron chi connectivity index (χ0n) is 15.6. The lowest BCUT2D eigenvalue weighted by Gasteiger charge is -2.30. The first-order valence-corrected chi connectivity index (χ1v) is 12.3. The molecule has 3 rings (SSSR count). The molecule has 2 aromatic carbocycles. The predicted octanol–water partition coefficient (Wildman–Crippen LogP) is 4.69. The lowest BCUT2D eigenvalue weighted by Crippen LogP contribution is -2.40. The Balaban J connectivity index is 1.56. The molecule has 0 bridgehead atoms. The van der Waals surface area contributed by atoms with Gasteiger partial charge in [-0.25, -0.2) is 8.42 Å². The molecule has 1 aliphatic heterocycles. The molecule has 0 amide bonds. The average Bonchev–Trinajstić information content (AvgIpc) is 2.71. The van der Waals surface area contributed by atoms with Crippen LogP contribution in [0.15, 0.2) is 56.3 Å². The molecule has 0 radical (unpaired) electrons. The molecule has 5 nitrogen and oxygen atoms in total. The van der Waals surface area contributed by atoms with Crippen LogP contribution in [0.1, 0.15) is 30.4 Å². The number of benzene rings is 2. The zero-order valence-corrected chi connectivity index (χ0v) is 19.6. The van der Waals surface area contributed by atoms with Crippen molar-refractivity contribution in [2.75, 3.05) is 13.1 Å². The number of aryl methyl sites for hydroxylation is 1. The SMILES string of the molecule is N#Cc1ccc(CCC(=O)C2CCN(S(=O)(=O)c3cc(Br)cc(Br)c3)CC2)cc1. The summed E-state index contributed by atoms with van der Waals surface area (Å²) in [6, 6.07) is 14.3. The lowest BCUT2D eigenvalue weighted by molar-refractivity contribution is -0.123. The van der Waals surface area contributed by atoms with Gasteiger partial charge in [-0.05, 0) is 55.2 Å². The fourth-order valence-electron chi connectivity index (χ4n) is 3.46. The zero-order chi connectivity index (χ0) is 21.0. The maximum atomic E-state index is 12.9. The fraction of sp³-hybridized carbons (Fsp3) is 0.333. The second kappa shape index (κ2) is 9.52. The second-order valence-electron chi connectivity index (χ2n) is 7.06. The van der Waals surface area contributed by atoms with Gasteiger partial charge in [-0.15, -0.1) is 0 Å². The van der Waals surface area contributed by atoms with Crippen LogP contribution in [0.4, 0.5) is 0 Å². The average molecular weight is 540 g/mol. The maximum Gasteiger partial charge on any atom is 0.243 e. The first-order valence-electron chi connectivity index (χ1n) is 9.27. The van der Waals surface area contributed by atoms with E-state index < -0.39 is 10.0 Å². The molecule has 29 heavy (non-hydrogen) atoms. The van der Waals surface area contributed by atoms with Crippen molar-refractivity contribution in [3.8, 4) is 6.07 Å². The Morgan fingerprint density at radius 1 is 1.07 bits per heavy atom. The van der Waals surface area contributed by atoms with Crippen LogP contribution in [0.5, 0.6) is 0 Å². The number of carbonyl (C=O) groups is 1. The van der Waals surface area contributed by atoms with Crippen molar-refractivity contribution in [2.45, 2.75) is 30.6 Å².